The molecule has 0 spiro atoms. The number of hydrogen-bond donors (Lipinski definition) is 0. The Balaban J connectivity index is 5.62. The zero-order chi connectivity index (χ0) is 23.0. The van der Waals surface area contributed by atoms with Crippen LogP contribution in [0.5, 0.6) is 0 Å². The fourth-order valence-electron chi connectivity index (χ4n) is 2.47. The van der Waals surface area contributed by atoms with Crippen molar-refractivity contribution >= 4 is 20.2 Å². The summed E-state index contributed by atoms with van der Waals surface area (Å²) >= 11 is 0. The molecule has 3 atom stereocenters. The normalized spacial score (nSPS) is 15.8. The average Bonchev–Trinajstić information content (AvgIpc) is 2.63. The van der Waals surface area contributed by atoms with Gasteiger partial charge in [-0.3, -0.25) is 8.37 Å². The third-order valence-electron chi connectivity index (χ3n) is 4.04. The van der Waals surface area contributed by atoms with E-state index in [4.69, 9.17) is 22.6 Å². The SMILES string of the molecule is CCCCOC[C@H](OS(C)(=O)=O)[C@@H](OCCCC)[C@@H](COS(C)(=O)=O)OCCCC. The van der Waals surface area contributed by atoms with Gasteiger partial charge in [-0.15, -0.1) is 0 Å². The number of rotatable bonds is 20. The van der Waals surface area contributed by atoms with Gasteiger partial charge in [-0.1, -0.05) is 40.0 Å². The van der Waals surface area contributed by atoms with Crippen LogP contribution in [0.25, 0.3) is 0 Å². The van der Waals surface area contributed by atoms with Gasteiger partial charge >= 0.3 is 0 Å². The van der Waals surface area contributed by atoms with Crippen LogP contribution in [0.2, 0.25) is 0 Å². The van der Waals surface area contributed by atoms with E-state index < -0.39 is 38.5 Å². The molecule has 0 fully saturated rings. The first-order valence-electron chi connectivity index (χ1n) is 10.6. The van der Waals surface area contributed by atoms with E-state index in [0.29, 0.717) is 19.8 Å². The summed E-state index contributed by atoms with van der Waals surface area (Å²) < 4.78 is 74.4. The molecule has 0 bridgehead atoms. The van der Waals surface area contributed by atoms with E-state index in [-0.39, 0.29) is 13.2 Å². The van der Waals surface area contributed by atoms with E-state index in [0.717, 1.165) is 51.0 Å². The van der Waals surface area contributed by atoms with Crippen molar-refractivity contribution in [3.8, 4) is 0 Å². The maximum atomic E-state index is 11.9. The Hall–Kier alpha value is -0.300. The summed E-state index contributed by atoms with van der Waals surface area (Å²) in [5.74, 6) is 0. The van der Waals surface area contributed by atoms with E-state index in [1.54, 1.807) is 0 Å². The number of ether oxygens (including phenoxy) is 3. The largest absolute Gasteiger partial charge is 0.379 e. The highest BCUT2D eigenvalue weighted by Crippen LogP contribution is 2.18. The molecule has 30 heavy (non-hydrogen) atoms. The second-order valence-electron chi connectivity index (χ2n) is 7.21. The lowest BCUT2D eigenvalue weighted by molar-refractivity contribution is -0.138. The van der Waals surface area contributed by atoms with Gasteiger partial charge < -0.3 is 14.2 Å². The molecule has 0 N–H and O–H groups in total. The van der Waals surface area contributed by atoms with E-state index >= 15 is 0 Å². The van der Waals surface area contributed by atoms with E-state index in [2.05, 4.69) is 0 Å². The van der Waals surface area contributed by atoms with Crippen LogP contribution in [0, 0.1) is 0 Å². The Bertz CT molecular complexity index is 620. The maximum Gasteiger partial charge on any atom is 0.264 e. The number of unbranched alkanes of at least 4 members (excludes halogenated alkanes) is 3. The molecule has 0 aliphatic rings. The Labute approximate surface area is 183 Å². The summed E-state index contributed by atoms with van der Waals surface area (Å²) in [6.07, 6.45) is 4.17. The van der Waals surface area contributed by atoms with E-state index in [1.807, 2.05) is 20.8 Å². The van der Waals surface area contributed by atoms with E-state index in [1.165, 1.54) is 0 Å². The zero-order valence-electron chi connectivity index (χ0n) is 19.0. The molecule has 0 aromatic carbocycles. The molecule has 0 radical (unpaired) electrons. The van der Waals surface area contributed by atoms with Gasteiger partial charge in [0.05, 0.1) is 25.7 Å². The molecule has 9 nitrogen and oxygen atoms in total. The van der Waals surface area contributed by atoms with Crippen LogP contribution in [0.4, 0.5) is 0 Å². The molecule has 0 amide bonds. The highest BCUT2D eigenvalue weighted by molar-refractivity contribution is 7.86. The molecule has 0 saturated carbocycles. The fraction of sp³-hybridized carbons (Fsp3) is 1.00. The lowest BCUT2D eigenvalue weighted by atomic mass is 10.1. The highest BCUT2D eigenvalue weighted by atomic mass is 32.2. The van der Waals surface area contributed by atoms with Crippen LogP contribution in [0.15, 0.2) is 0 Å². The first-order chi connectivity index (χ1) is 14.0. The molecule has 0 unspecified atom stereocenters. The van der Waals surface area contributed by atoms with Gasteiger partial charge in [-0.25, -0.2) is 0 Å². The fourth-order valence-corrected chi connectivity index (χ4v) is 3.47. The predicted octanol–water partition coefficient (Wildman–Crippen LogP) is 2.49. The summed E-state index contributed by atoms with van der Waals surface area (Å²) in [6.45, 7) is 6.81. The standard InChI is InChI=1S/C19H40O9S2/c1-6-9-12-24-15-18(28-30(5,22)23)19(26-14-11-8-3)17(25-13-10-7-2)16-27-29(4,20)21/h17-19H,6-16H2,1-5H3/t17-,18+,19+/m1/s1. The molecule has 0 aromatic rings. The van der Waals surface area contributed by atoms with Crippen LogP contribution >= 0.6 is 0 Å². The summed E-state index contributed by atoms with van der Waals surface area (Å²) in [4.78, 5) is 0. The Morgan fingerprint density at radius 1 is 0.667 bits per heavy atom. The minimum atomic E-state index is -3.82. The van der Waals surface area contributed by atoms with Gasteiger partial charge in [0.2, 0.25) is 0 Å². The van der Waals surface area contributed by atoms with Gasteiger partial charge in [-0.05, 0) is 19.3 Å². The molecule has 11 heteroatoms. The third-order valence-corrected chi connectivity index (χ3v) is 5.20. The van der Waals surface area contributed by atoms with Crippen molar-refractivity contribution in [1.82, 2.24) is 0 Å². The molecule has 0 aliphatic carbocycles. The van der Waals surface area contributed by atoms with Crippen molar-refractivity contribution in [2.24, 2.45) is 0 Å². The second-order valence-corrected chi connectivity index (χ2v) is 10.5. The third kappa shape index (κ3) is 16.4. The lowest BCUT2D eigenvalue weighted by Gasteiger charge is -2.32. The van der Waals surface area contributed by atoms with Crippen molar-refractivity contribution in [2.75, 3.05) is 45.5 Å². The molecule has 0 aromatic heterocycles. The summed E-state index contributed by atoms with van der Waals surface area (Å²) in [7, 11) is -7.54. The molecule has 0 heterocycles. The second kappa shape index (κ2) is 16.3. The van der Waals surface area contributed by atoms with Crippen molar-refractivity contribution in [3.63, 3.8) is 0 Å². The summed E-state index contributed by atoms with van der Waals surface area (Å²) in [5.41, 5.74) is 0. The highest BCUT2D eigenvalue weighted by Gasteiger charge is 2.35. The summed E-state index contributed by atoms with van der Waals surface area (Å²) in [5, 5.41) is 0. The van der Waals surface area contributed by atoms with Crippen molar-refractivity contribution in [3.05, 3.63) is 0 Å². The average molecular weight is 477 g/mol. The van der Waals surface area contributed by atoms with Crippen LogP contribution in [0.3, 0.4) is 0 Å². The molecule has 0 aliphatic heterocycles. The monoisotopic (exact) mass is 476 g/mol. The van der Waals surface area contributed by atoms with Crippen molar-refractivity contribution in [1.29, 1.82) is 0 Å². The van der Waals surface area contributed by atoms with Gasteiger partial charge in [0.1, 0.15) is 18.3 Å². The van der Waals surface area contributed by atoms with Gasteiger partial charge in [0.25, 0.3) is 20.2 Å². The quantitative estimate of drug-likeness (QED) is 0.193. The Morgan fingerprint density at radius 3 is 1.70 bits per heavy atom. The molecule has 0 saturated heterocycles. The molecular weight excluding hydrogens is 436 g/mol. The van der Waals surface area contributed by atoms with Gasteiger partial charge in [0.15, 0.2) is 0 Å². The topological polar surface area (TPSA) is 114 Å². The number of hydrogen-bond acceptors (Lipinski definition) is 9. The van der Waals surface area contributed by atoms with E-state index in [9.17, 15) is 16.8 Å². The first-order valence-corrected chi connectivity index (χ1v) is 14.2. The zero-order valence-corrected chi connectivity index (χ0v) is 20.6. The Morgan fingerprint density at radius 2 is 1.20 bits per heavy atom. The van der Waals surface area contributed by atoms with Gasteiger partial charge in [0, 0.05) is 19.8 Å². The molecular formula is C19H40O9S2. The maximum absolute atomic E-state index is 11.9. The van der Waals surface area contributed by atoms with Crippen LogP contribution in [-0.4, -0.2) is 80.7 Å². The predicted molar refractivity (Wildman–Crippen MR) is 116 cm³/mol. The smallest absolute Gasteiger partial charge is 0.264 e. The minimum absolute atomic E-state index is 0.0314. The van der Waals surface area contributed by atoms with Crippen LogP contribution in [-0.2, 0) is 42.8 Å². The lowest BCUT2D eigenvalue weighted by Crippen LogP contribution is -2.48. The molecule has 182 valence electrons. The van der Waals surface area contributed by atoms with Crippen LogP contribution < -0.4 is 0 Å². The minimum Gasteiger partial charge on any atom is -0.379 e. The Kier molecular flexibility index (Phi) is 16.2. The van der Waals surface area contributed by atoms with Crippen molar-refractivity contribution < 1.29 is 39.4 Å². The first kappa shape index (κ1) is 29.7. The molecule has 0 rings (SSSR count). The van der Waals surface area contributed by atoms with Crippen molar-refractivity contribution in [2.45, 2.75) is 77.6 Å². The van der Waals surface area contributed by atoms with Crippen LogP contribution in [0.1, 0.15) is 59.3 Å². The summed E-state index contributed by atoms with van der Waals surface area (Å²) in [6, 6.07) is 0. The van der Waals surface area contributed by atoms with Gasteiger partial charge in [-0.2, -0.15) is 16.8 Å².